The maximum absolute atomic E-state index is 13.1. The molecule has 0 radical (unpaired) electrons. The second-order valence-electron chi connectivity index (χ2n) is 11.0. The lowest BCUT2D eigenvalue weighted by atomic mass is 10.1. The number of carboxylic acids is 1. The van der Waals surface area contributed by atoms with E-state index in [1.54, 1.807) is 22.7 Å². The van der Waals surface area contributed by atoms with Crippen molar-refractivity contribution in [1.29, 1.82) is 0 Å². The summed E-state index contributed by atoms with van der Waals surface area (Å²) in [5.41, 5.74) is 1.56. The zero-order chi connectivity index (χ0) is 32.0. The van der Waals surface area contributed by atoms with Crippen LogP contribution in [0.4, 0.5) is 18.0 Å². The molecule has 8 nitrogen and oxygen atoms in total. The lowest BCUT2D eigenvalue weighted by molar-refractivity contribution is -0.144. The monoisotopic (exact) mass is 651 g/mol. The fourth-order valence-electron chi connectivity index (χ4n) is 4.41. The van der Waals surface area contributed by atoms with Gasteiger partial charge < -0.3 is 19.5 Å². The number of carboxylic acid groups (broad SMARTS) is 1. The van der Waals surface area contributed by atoms with Gasteiger partial charge in [0.1, 0.15) is 10.8 Å². The number of piperazine rings is 1. The molecule has 1 aliphatic rings. The number of benzene rings is 2. The number of halogens is 3. The van der Waals surface area contributed by atoms with Crippen LogP contribution in [0, 0.1) is 12.8 Å². The number of amides is 1. The van der Waals surface area contributed by atoms with Crippen LogP contribution in [0.2, 0.25) is 0 Å². The fraction of sp³-hybridized carbons (Fsp3) is 0.452. The molecule has 0 saturated carbocycles. The van der Waals surface area contributed by atoms with Gasteiger partial charge in [-0.15, -0.1) is 23.1 Å². The maximum atomic E-state index is 13.1. The van der Waals surface area contributed by atoms with Crippen LogP contribution < -0.4 is 4.74 Å². The van der Waals surface area contributed by atoms with Crippen molar-refractivity contribution in [2.75, 3.05) is 32.8 Å². The molecule has 1 unspecified atom stereocenters. The average Bonchev–Trinajstić information content (AvgIpc) is 3.38. The number of nitrogens with zero attached hydrogens (tertiary/aromatic N) is 3. The number of carbonyl (C=O) groups excluding carboxylic acids is 1. The number of rotatable bonds is 11. The predicted molar refractivity (Wildman–Crippen MR) is 164 cm³/mol. The molecule has 1 aliphatic heterocycles. The van der Waals surface area contributed by atoms with Gasteiger partial charge in [-0.25, -0.2) is 14.6 Å². The van der Waals surface area contributed by atoms with Crippen LogP contribution in [0.25, 0.3) is 10.6 Å². The van der Waals surface area contributed by atoms with Crippen molar-refractivity contribution in [3.8, 4) is 16.3 Å². The minimum Gasteiger partial charge on any atom is -0.479 e. The molecular weight excluding hydrogens is 615 g/mol. The fourth-order valence-corrected chi connectivity index (χ4v) is 6.58. The highest BCUT2D eigenvalue weighted by molar-refractivity contribution is 7.98. The Hall–Kier alpha value is -3.29. The molecule has 0 bridgehead atoms. The van der Waals surface area contributed by atoms with Gasteiger partial charge in [0, 0.05) is 53.8 Å². The first-order chi connectivity index (χ1) is 20.8. The van der Waals surface area contributed by atoms with Crippen LogP contribution in [0.15, 0.2) is 47.4 Å². The van der Waals surface area contributed by atoms with Gasteiger partial charge in [0.05, 0.1) is 17.9 Å². The summed E-state index contributed by atoms with van der Waals surface area (Å²) < 4.78 is 50.3. The van der Waals surface area contributed by atoms with Gasteiger partial charge in [0.2, 0.25) is 0 Å². The second kappa shape index (κ2) is 14.7. The number of ether oxygens (including phenoxy) is 2. The van der Waals surface area contributed by atoms with E-state index in [4.69, 9.17) is 19.6 Å². The Morgan fingerprint density at radius 3 is 2.34 bits per heavy atom. The molecule has 2 heterocycles. The quantitative estimate of drug-likeness (QED) is 0.218. The number of hydrogen-bond donors (Lipinski definition) is 1. The van der Waals surface area contributed by atoms with E-state index in [1.807, 2.05) is 32.9 Å². The zero-order valence-corrected chi connectivity index (χ0v) is 26.7. The van der Waals surface area contributed by atoms with Gasteiger partial charge in [0.25, 0.3) is 0 Å². The van der Waals surface area contributed by atoms with Crippen molar-refractivity contribution < 1.29 is 37.3 Å². The molecule has 1 atom stereocenters. The molecule has 0 spiro atoms. The van der Waals surface area contributed by atoms with Gasteiger partial charge >= 0.3 is 18.2 Å². The SMILES string of the molecule is Cc1cc(SCc2sc(-c3ccc(C(F)(F)F)cc3)nc2CN2CCN(C(=O)OCC(C)C)CC2)ccc1OC(C)C(=O)O. The Bertz CT molecular complexity index is 1440. The smallest absolute Gasteiger partial charge is 0.416 e. The first-order valence-corrected chi connectivity index (χ1v) is 16.0. The summed E-state index contributed by atoms with van der Waals surface area (Å²) in [5.74, 6) is 0.299. The highest BCUT2D eigenvalue weighted by atomic mass is 32.2. The number of thiazole rings is 1. The van der Waals surface area contributed by atoms with E-state index < -0.39 is 23.8 Å². The molecule has 2 aromatic carbocycles. The Morgan fingerprint density at radius 2 is 1.75 bits per heavy atom. The van der Waals surface area contributed by atoms with Crippen molar-refractivity contribution in [2.24, 2.45) is 5.92 Å². The Kier molecular flexibility index (Phi) is 11.2. The number of aryl methyl sites for hydroxylation is 1. The van der Waals surface area contributed by atoms with Crippen LogP contribution >= 0.6 is 23.1 Å². The number of alkyl halides is 3. The lowest BCUT2D eigenvalue weighted by Gasteiger charge is -2.34. The van der Waals surface area contributed by atoms with E-state index in [-0.39, 0.29) is 12.0 Å². The van der Waals surface area contributed by atoms with Crippen LogP contribution in [0.3, 0.4) is 0 Å². The van der Waals surface area contributed by atoms with Gasteiger partial charge in [0.15, 0.2) is 6.10 Å². The van der Waals surface area contributed by atoms with Gasteiger partial charge in [-0.05, 0) is 55.7 Å². The summed E-state index contributed by atoms with van der Waals surface area (Å²) in [6.07, 6.45) is -5.69. The molecule has 1 saturated heterocycles. The largest absolute Gasteiger partial charge is 0.479 e. The van der Waals surface area contributed by atoms with Crippen molar-refractivity contribution in [2.45, 2.75) is 57.2 Å². The van der Waals surface area contributed by atoms with Crippen molar-refractivity contribution in [1.82, 2.24) is 14.8 Å². The van der Waals surface area contributed by atoms with Crippen LogP contribution in [0.5, 0.6) is 5.75 Å². The molecule has 4 rings (SSSR count). The number of aliphatic carboxylic acids is 1. The van der Waals surface area contributed by atoms with E-state index in [2.05, 4.69) is 4.90 Å². The summed E-state index contributed by atoms with van der Waals surface area (Å²) in [6.45, 7) is 10.6. The third-order valence-electron chi connectivity index (χ3n) is 6.95. The predicted octanol–water partition coefficient (Wildman–Crippen LogP) is 7.19. The normalized spacial score (nSPS) is 15.0. The highest BCUT2D eigenvalue weighted by Gasteiger charge is 2.30. The van der Waals surface area contributed by atoms with Crippen LogP contribution in [-0.2, 0) is 28.0 Å². The number of hydrogen-bond acceptors (Lipinski definition) is 8. The summed E-state index contributed by atoms with van der Waals surface area (Å²) in [5, 5.41) is 9.78. The Balaban J connectivity index is 1.49. The zero-order valence-electron chi connectivity index (χ0n) is 25.0. The average molecular weight is 652 g/mol. The van der Waals surface area contributed by atoms with Gasteiger partial charge in [-0.1, -0.05) is 26.0 Å². The van der Waals surface area contributed by atoms with Crippen LogP contribution in [0.1, 0.15) is 42.5 Å². The lowest BCUT2D eigenvalue weighted by Crippen LogP contribution is -2.48. The summed E-state index contributed by atoms with van der Waals surface area (Å²) in [4.78, 5) is 34.3. The number of carbonyl (C=O) groups is 2. The molecule has 0 aliphatic carbocycles. The molecule has 1 N–H and O–H groups in total. The van der Waals surface area contributed by atoms with E-state index in [9.17, 15) is 22.8 Å². The summed E-state index contributed by atoms with van der Waals surface area (Å²) in [6, 6.07) is 10.6. The first-order valence-electron chi connectivity index (χ1n) is 14.2. The van der Waals surface area contributed by atoms with Crippen molar-refractivity contribution >= 4 is 35.2 Å². The summed E-state index contributed by atoms with van der Waals surface area (Å²) in [7, 11) is 0. The van der Waals surface area contributed by atoms with Crippen molar-refractivity contribution in [3.05, 3.63) is 64.2 Å². The van der Waals surface area contributed by atoms with E-state index in [1.165, 1.54) is 30.4 Å². The topological polar surface area (TPSA) is 92.2 Å². The minimum absolute atomic E-state index is 0.260. The molecule has 13 heteroatoms. The molecular formula is C31H36F3N3O5S2. The van der Waals surface area contributed by atoms with E-state index in [0.29, 0.717) is 61.4 Å². The third-order valence-corrected chi connectivity index (χ3v) is 9.30. The Labute approximate surface area is 263 Å². The molecule has 1 fully saturated rings. The maximum Gasteiger partial charge on any atom is 0.416 e. The number of thioether (sulfide) groups is 1. The molecule has 1 amide bonds. The third kappa shape index (κ3) is 9.12. The van der Waals surface area contributed by atoms with Gasteiger partial charge in [-0.3, -0.25) is 4.90 Å². The number of aromatic nitrogens is 1. The Morgan fingerprint density at radius 1 is 1.07 bits per heavy atom. The minimum atomic E-state index is -4.41. The molecule has 1 aromatic heterocycles. The van der Waals surface area contributed by atoms with Crippen LogP contribution in [-0.4, -0.2) is 70.8 Å². The summed E-state index contributed by atoms with van der Waals surface area (Å²) >= 11 is 3.04. The molecule has 44 heavy (non-hydrogen) atoms. The first kappa shape index (κ1) is 33.6. The van der Waals surface area contributed by atoms with E-state index in [0.717, 1.165) is 33.2 Å². The van der Waals surface area contributed by atoms with Crippen molar-refractivity contribution in [3.63, 3.8) is 0 Å². The standard InChI is InChI=1S/C31H36F3N3O5S2/c1-19(2)17-41-30(40)37-13-11-36(12-14-37)16-25-27(44-28(35-25)22-5-7-23(8-6-22)31(32,33)34)18-43-24-9-10-26(20(3)15-24)42-21(4)29(38)39/h5-10,15,19,21H,11-14,16-18H2,1-4H3,(H,38,39). The molecule has 3 aromatic rings. The molecule has 238 valence electrons. The van der Waals surface area contributed by atoms with E-state index >= 15 is 0 Å². The second-order valence-corrected chi connectivity index (χ2v) is 13.1. The highest BCUT2D eigenvalue weighted by Crippen LogP contribution is 2.36. The van der Waals surface area contributed by atoms with Gasteiger partial charge in [-0.2, -0.15) is 13.2 Å².